The predicted octanol–water partition coefficient (Wildman–Crippen LogP) is -1.36. The van der Waals surface area contributed by atoms with Crippen molar-refractivity contribution in [3.05, 3.63) is 25.3 Å². The van der Waals surface area contributed by atoms with Crippen LogP contribution in [-0.4, -0.2) is 34.7 Å². The van der Waals surface area contributed by atoms with Crippen molar-refractivity contribution in [2.24, 2.45) is 17.2 Å². The molecule has 0 spiro atoms. The molecule has 0 saturated heterocycles. The highest BCUT2D eigenvalue weighted by Gasteiger charge is 2.06. The maximum atomic E-state index is 9.76. The van der Waals surface area contributed by atoms with E-state index in [-0.39, 0.29) is 5.75 Å². The molecule has 0 aromatic rings. The fraction of sp³-hybridized carbons (Fsp3) is 0.222. The molecule has 1 atom stereocenters. The molecule has 0 aliphatic rings. The minimum absolute atomic E-state index is 0.190. The van der Waals surface area contributed by atoms with Gasteiger partial charge in [0.25, 0.3) is 0 Å². The van der Waals surface area contributed by atoms with Crippen LogP contribution >= 0.6 is 12.6 Å². The fourth-order valence-electron chi connectivity index (χ4n) is 0.0781. The van der Waals surface area contributed by atoms with E-state index < -0.39 is 23.8 Å². The predicted molar refractivity (Wildman–Crippen MR) is 68.2 cm³/mol. The summed E-state index contributed by atoms with van der Waals surface area (Å²) < 4.78 is 0. The van der Waals surface area contributed by atoms with E-state index in [0.717, 1.165) is 12.2 Å². The molecule has 0 aliphatic carbocycles. The fourth-order valence-corrected chi connectivity index (χ4v) is 0.234. The molecule has 0 unspecified atom stereocenters. The number of carbonyl (C=O) groups excluding carboxylic acids is 2. The Labute approximate surface area is 105 Å². The van der Waals surface area contributed by atoms with Gasteiger partial charge in [-0.2, -0.15) is 12.6 Å². The lowest BCUT2D eigenvalue weighted by Crippen LogP contribution is -2.31. The summed E-state index contributed by atoms with van der Waals surface area (Å²) in [5, 5.41) is 8.01. The molecule has 0 aliphatic heterocycles. The maximum Gasteiger partial charge on any atom is 0.321 e. The summed E-state index contributed by atoms with van der Waals surface area (Å²) in [6.45, 7) is 6.17. The Balaban J connectivity index is -0.000000177. The van der Waals surface area contributed by atoms with Crippen LogP contribution in [0.15, 0.2) is 25.3 Å². The molecule has 0 heterocycles. The largest absolute Gasteiger partial charge is 0.480 e. The highest BCUT2D eigenvalue weighted by molar-refractivity contribution is 7.80. The molecular formula is C9H17N3O4S. The highest BCUT2D eigenvalue weighted by Crippen LogP contribution is 1.80. The van der Waals surface area contributed by atoms with E-state index in [1.54, 1.807) is 0 Å². The van der Waals surface area contributed by atoms with E-state index in [2.05, 4.69) is 37.3 Å². The van der Waals surface area contributed by atoms with Gasteiger partial charge in [-0.05, 0) is 12.2 Å². The monoisotopic (exact) mass is 263 g/mol. The summed E-state index contributed by atoms with van der Waals surface area (Å²) in [4.78, 5) is 28.7. The van der Waals surface area contributed by atoms with Crippen LogP contribution < -0.4 is 17.2 Å². The van der Waals surface area contributed by atoms with Gasteiger partial charge in [0, 0.05) is 5.75 Å². The Bertz CT molecular complexity index is 263. The number of rotatable bonds is 4. The van der Waals surface area contributed by atoms with Gasteiger partial charge in [-0.3, -0.25) is 14.4 Å². The first-order valence-electron chi connectivity index (χ1n) is 4.15. The summed E-state index contributed by atoms with van der Waals surface area (Å²) >= 11 is 3.65. The first-order valence-corrected chi connectivity index (χ1v) is 4.79. The summed E-state index contributed by atoms with van der Waals surface area (Å²) in [6, 6.07) is -0.816. The van der Waals surface area contributed by atoms with Gasteiger partial charge in [0.05, 0.1) is 0 Å². The zero-order chi connectivity index (χ0) is 14.4. The number of thiol groups is 1. The second-order valence-electron chi connectivity index (χ2n) is 2.34. The molecule has 2 amide bonds. The van der Waals surface area contributed by atoms with Crippen molar-refractivity contribution < 1.29 is 19.5 Å². The summed E-state index contributed by atoms with van der Waals surface area (Å²) in [5.41, 5.74) is 14.0. The first-order chi connectivity index (χ1) is 7.72. The van der Waals surface area contributed by atoms with E-state index in [9.17, 15) is 14.4 Å². The molecule has 98 valence electrons. The first kappa shape index (κ1) is 20.6. The maximum absolute atomic E-state index is 9.76. The molecule has 7 nitrogen and oxygen atoms in total. The number of hydrogen-bond donors (Lipinski definition) is 5. The average molecular weight is 263 g/mol. The Hall–Kier alpha value is -1.80. The Morgan fingerprint density at radius 2 is 1.41 bits per heavy atom. The second kappa shape index (κ2) is 14.2. The van der Waals surface area contributed by atoms with Gasteiger partial charge in [0.1, 0.15) is 6.04 Å². The SMILES string of the molecule is C=CC(N)=O.C=CC(N)=O.N[C@@H](CS)C(=O)O. The lowest BCUT2D eigenvalue weighted by molar-refractivity contribution is -0.137. The van der Waals surface area contributed by atoms with Crippen molar-refractivity contribution in [3.63, 3.8) is 0 Å². The zero-order valence-electron chi connectivity index (χ0n) is 9.20. The third kappa shape index (κ3) is 31.4. The van der Waals surface area contributed by atoms with Crippen LogP contribution in [0.2, 0.25) is 0 Å². The van der Waals surface area contributed by atoms with Crippen LogP contribution in [0.1, 0.15) is 0 Å². The van der Waals surface area contributed by atoms with Crippen LogP contribution in [-0.2, 0) is 14.4 Å². The second-order valence-corrected chi connectivity index (χ2v) is 2.71. The average Bonchev–Trinajstić information content (AvgIpc) is 2.29. The lowest BCUT2D eigenvalue weighted by Gasteiger charge is -1.96. The molecule has 0 rings (SSSR count). The summed E-state index contributed by atoms with van der Waals surface area (Å²) in [6.07, 6.45) is 2.11. The van der Waals surface area contributed by atoms with Gasteiger partial charge in [-0.1, -0.05) is 13.2 Å². The Kier molecular flexibility index (Phi) is 17.2. The number of aliphatic carboxylic acids is 1. The molecule has 0 saturated carbocycles. The summed E-state index contributed by atoms with van der Waals surface area (Å²) in [5.74, 6) is -1.78. The van der Waals surface area contributed by atoms with Gasteiger partial charge >= 0.3 is 5.97 Å². The molecule has 0 aromatic heterocycles. The van der Waals surface area contributed by atoms with Gasteiger partial charge in [0.15, 0.2) is 0 Å². The molecule has 17 heavy (non-hydrogen) atoms. The number of carboxylic acid groups (broad SMARTS) is 1. The van der Waals surface area contributed by atoms with Crippen LogP contribution in [0.25, 0.3) is 0 Å². The number of primary amides is 2. The Morgan fingerprint density at radius 1 is 1.18 bits per heavy atom. The van der Waals surface area contributed by atoms with Crippen molar-refractivity contribution >= 4 is 30.4 Å². The van der Waals surface area contributed by atoms with Crippen LogP contribution in [0.4, 0.5) is 0 Å². The smallest absolute Gasteiger partial charge is 0.321 e. The van der Waals surface area contributed by atoms with Gasteiger partial charge in [-0.15, -0.1) is 0 Å². The van der Waals surface area contributed by atoms with E-state index in [1.165, 1.54) is 0 Å². The molecular weight excluding hydrogens is 246 g/mol. The van der Waals surface area contributed by atoms with E-state index in [4.69, 9.17) is 10.8 Å². The number of nitrogens with two attached hydrogens (primary N) is 3. The van der Waals surface area contributed by atoms with Crippen LogP contribution in [0.3, 0.4) is 0 Å². The van der Waals surface area contributed by atoms with Crippen molar-refractivity contribution in [3.8, 4) is 0 Å². The topological polar surface area (TPSA) is 150 Å². The van der Waals surface area contributed by atoms with E-state index in [0.29, 0.717) is 0 Å². The van der Waals surface area contributed by atoms with Crippen LogP contribution in [0, 0.1) is 0 Å². The lowest BCUT2D eigenvalue weighted by atomic mass is 10.4. The standard InChI is InChI=1S/C3H7NO2S.2C3H5NO/c4-2(1-7)3(5)6;2*1-2-3(4)5/h2,7H,1,4H2,(H,5,6);2*2H,1H2,(H2,4,5)/t2-;;/m0../s1. The molecule has 8 heteroatoms. The number of amides is 2. The normalized spacial score (nSPS) is 9.29. The third-order valence-corrected chi connectivity index (χ3v) is 1.31. The minimum Gasteiger partial charge on any atom is -0.480 e. The number of carbonyl (C=O) groups is 3. The molecule has 0 bridgehead atoms. The quantitative estimate of drug-likeness (QED) is 0.314. The number of carboxylic acids is 1. The third-order valence-electron chi connectivity index (χ3n) is 0.916. The van der Waals surface area contributed by atoms with E-state index in [1.807, 2.05) is 0 Å². The van der Waals surface area contributed by atoms with Crippen molar-refractivity contribution in [1.82, 2.24) is 0 Å². The summed E-state index contributed by atoms with van der Waals surface area (Å²) in [7, 11) is 0. The van der Waals surface area contributed by atoms with Crippen LogP contribution in [0.5, 0.6) is 0 Å². The van der Waals surface area contributed by atoms with Gasteiger partial charge < -0.3 is 22.3 Å². The number of hydrogen-bond acceptors (Lipinski definition) is 5. The van der Waals surface area contributed by atoms with Crippen molar-refractivity contribution in [2.75, 3.05) is 5.75 Å². The highest BCUT2D eigenvalue weighted by atomic mass is 32.1. The molecule has 7 N–H and O–H groups in total. The van der Waals surface area contributed by atoms with Crippen molar-refractivity contribution in [2.45, 2.75) is 6.04 Å². The molecule has 0 aromatic carbocycles. The van der Waals surface area contributed by atoms with E-state index >= 15 is 0 Å². The van der Waals surface area contributed by atoms with Gasteiger partial charge in [0.2, 0.25) is 11.8 Å². The minimum atomic E-state index is -1.00. The van der Waals surface area contributed by atoms with Gasteiger partial charge in [-0.25, -0.2) is 0 Å². The Morgan fingerprint density at radius 3 is 1.41 bits per heavy atom. The molecule has 0 radical (unpaired) electrons. The zero-order valence-corrected chi connectivity index (χ0v) is 10.1. The van der Waals surface area contributed by atoms with Crippen molar-refractivity contribution in [1.29, 1.82) is 0 Å². The molecule has 0 fully saturated rings.